The van der Waals surface area contributed by atoms with Crippen LogP contribution in [0.3, 0.4) is 0 Å². The Hall–Kier alpha value is -1.09. The number of hydrogen-bond donors (Lipinski definition) is 1. The third kappa shape index (κ3) is 5.50. The van der Waals surface area contributed by atoms with Gasteiger partial charge in [0, 0.05) is 25.5 Å². The van der Waals surface area contributed by atoms with Crippen LogP contribution in [0.1, 0.15) is 45.2 Å². The SMILES string of the molecule is CCCCC(CC)COCc1cc(NC)ccn1. The maximum Gasteiger partial charge on any atom is 0.0888 e. The zero-order chi connectivity index (χ0) is 13.2. The van der Waals surface area contributed by atoms with Crippen molar-refractivity contribution < 1.29 is 4.74 Å². The van der Waals surface area contributed by atoms with Gasteiger partial charge in [-0.15, -0.1) is 0 Å². The Morgan fingerprint density at radius 1 is 1.39 bits per heavy atom. The van der Waals surface area contributed by atoms with Crippen LogP contribution in [0.2, 0.25) is 0 Å². The molecular weight excluding hydrogens is 224 g/mol. The van der Waals surface area contributed by atoms with Crippen LogP contribution in [0.4, 0.5) is 5.69 Å². The summed E-state index contributed by atoms with van der Waals surface area (Å²) in [5, 5.41) is 3.11. The molecule has 1 heterocycles. The van der Waals surface area contributed by atoms with Crippen LogP contribution in [-0.4, -0.2) is 18.6 Å². The molecule has 0 amide bonds. The first-order valence-corrected chi connectivity index (χ1v) is 7.00. The van der Waals surface area contributed by atoms with E-state index in [0.717, 1.165) is 18.0 Å². The van der Waals surface area contributed by atoms with E-state index in [4.69, 9.17) is 4.74 Å². The van der Waals surface area contributed by atoms with E-state index in [1.807, 2.05) is 25.4 Å². The van der Waals surface area contributed by atoms with Crippen LogP contribution >= 0.6 is 0 Å². The highest BCUT2D eigenvalue weighted by molar-refractivity contribution is 5.42. The lowest BCUT2D eigenvalue weighted by molar-refractivity contribution is 0.0800. The van der Waals surface area contributed by atoms with Gasteiger partial charge in [-0.2, -0.15) is 0 Å². The highest BCUT2D eigenvalue weighted by Gasteiger charge is 2.06. The fourth-order valence-electron chi connectivity index (χ4n) is 1.94. The van der Waals surface area contributed by atoms with Crippen LogP contribution in [-0.2, 0) is 11.3 Å². The van der Waals surface area contributed by atoms with Crippen molar-refractivity contribution in [3.8, 4) is 0 Å². The molecule has 0 aliphatic rings. The number of pyridine rings is 1. The van der Waals surface area contributed by atoms with E-state index in [1.165, 1.54) is 25.7 Å². The Morgan fingerprint density at radius 2 is 2.22 bits per heavy atom. The minimum absolute atomic E-state index is 0.609. The molecule has 1 N–H and O–H groups in total. The van der Waals surface area contributed by atoms with Gasteiger partial charge in [0.2, 0.25) is 0 Å². The van der Waals surface area contributed by atoms with Gasteiger partial charge in [0.15, 0.2) is 0 Å². The molecule has 3 heteroatoms. The second kappa shape index (κ2) is 8.92. The molecule has 0 aliphatic carbocycles. The summed E-state index contributed by atoms with van der Waals surface area (Å²) in [6, 6.07) is 3.99. The molecule has 18 heavy (non-hydrogen) atoms. The molecule has 1 aromatic heterocycles. The van der Waals surface area contributed by atoms with Crippen molar-refractivity contribution in [2.24, 2.45) is 5.92 Å². The van der Waals surface area contributed by atoms with Crippen molar-refractivity contribution in [3.63, 3.8) is 0 Å². The van der Waals surface area contributed by atoms with E-state index in [0.29, 0.717) is 12.5 Å². The standard InChI is InChI=1S/C15H26N2O/c1-4-6-7-13(5-2)11-18-12-15-10-14(16-3)8-9-17-15/h8-10,13H,4-7,11-12H2,1-3H3,(H,16,17). The van der Waals surface area contributed by atoms with Crippen molar-refractivity contribution in [3.05, 3.63) is 24.0 Å². The molecule has 0 fully saturated rings. The number of aromatic nitrogens is 1. The summed E-state index contributed by atoms with van der Waals surface area (Å²) < 4.78 is 5.78. The molecule has 0 aromatic carbocycles. The summed E-state index contributed by atoms with van der Waals surface area (Å²) >= 11 is 0. The Labute approximate surface area is 111 Å². The highest BCUT2D eigenvalue weighted by atomic mass is 16.5. The molecule has 0 spiro atoms. The van der Waals surface area contributed by atoms with Gasteiger partial charge >= 0.3 is 0 Å². The predicted octanol–water partition coefficient (Wildman–Crippen LogP) is 3.86. The number of ether oxygens (including phenoxy) is 1. The second-order valence-corrected chi connectivity index (χ2v) is 4.72. The molecule has 1 aromatic rings. The van der Waals surface area contributed by atoms with Gasteiger partial charge in [-0.3, -0.25) is 4.98 Å². The van der Waals surface area contributed by atoms with Crippen LogP contribution < -0.4 is 5.32 Å². The topological polar surface area (TPSA) is 34.1 Å². The summed E-state index contributed by atoms with van der Waals surface area (Å²) in [6.07, 6.45) is 6.86. The average molecular weight is 250 g/mol. The lowest BCUT2D eigenvalue weighted by Crippen LogP contribution is -2.09. The van der Waals surface area contributed by atoms with Gasteiger partial charge in [0.25, 0.3) is 0 Å². The maximum atomic E-state index is 5.78. The van der Waals surface area contributed by atoms with Crippen molar-refractivity contribution in [2.45, 2.75) is 46.1 Å². The normalized spacial score (nSPS) is 12.4. The lowest BCUT2D eigenvalue weighted by atomic mass is 10.0. The molecule has 0 bridgehead atoms. The third-order valence-electron chi connectivity index (χ3n) is 3.25. The van der Waals surface area contributed by atoms with Crippen LogP contribution in [0.5, 0.6) is 0 Å². The largest absolute Gasteiger partial charge is 0.388 e. The van der Waals surface area contributed by atoms with Gasteiger partial charge in [-0.1, -0.05) is 33.1 Å². The summed E-state index contributed by atoms with van der Waals surface area (Å²) in [6.45, 7) is 5.93. The van der Waals surface area contributed by atoms with E-state index >= 15 is 0 Å². The molecular formula is C15H26N2O. The molecule has 0 saturated carbocycles. The van der Waals surface area contributed by atoms with Crippen LogP contribution in [0, 0.1) is 5.92 Å². The first-order valence-electron chi connectivity index (χ1n) is 7.00. The van der Waals surface area contributed by atoms with E-state index < -0.39 is 0 Å². The third-order valence-corrected chi connectivity index (χ3v) is 3.25. The minimum atomic E-state index is 0.609. The van der Waals surface area contributed by atoms with E-state index in [1.54, 1.807) is 0 Å². The predicted molar refractivity (Wildman–Crippen MR) is 76.7 cm³/mol. The number of nitrogens with one attached hydrogen (secondary N) is 1. The second-order valence-electron chi connectivity index (χ2n) is 4.72. The zero-order valence-electron chi connectivity index (χ0n) is 11.9. The van der Waals surface area contributed by atoms with Crippen molar-refractivity contribution >= 4 is 5.69 Å². The molecule has 1 rings (SSSR count). The quantitative estimate of drug-likeness (QED) is 0.722. The fourth-order valence-corrected chi connectivity index (χ4v) is 1.94. The summed E-state index contributed by atoms with van der Waals surface area (Å²) in [4.78, 5) is 4.31. The maximum absolute atomic E-state index is 5.78. The number of unbranched alkanes of at least 4 members (excludes halogenated alkanes) is 1. The van der Waals surface area contributed by atoms with E-state index in [9.17, 15) is 0 Å². The Bertz CT molecular complexity index is 328. The number of hydrogen-bond acceptors (Lipinski definition) is 3. The molecule has 1 atom stereocenters. The molecule has 0 aliphatic heterocycles. The Balaban J connectivity index is 2.30. The number of rotatable bonds is 9. The average Bonchev–Trinajstić information content (AvgIpc) is 2.43. The van der Waals surface area contributed by atoms with Crippen molar-refractivity contribution in [1.82, 2.24) is 4.98 Å². The van der Waals surface area contributed by atoms with Crippen molar-refractivity contribution in [1.29, 1.82) is 0 Å². The first-order chi connectivity index (χ1) is 8.80. The molecule has 102 valence electrons. The molecule has 0 radical (unpaired) electrons. The summed E-state index contributed by atoms with van der Waals surface area (Å²) in [5.41, 5.74) is 2.08. The smallest absolute Gasteiger partial charge is 0.0888 e. The van der Waals surface area contributed by atoms with E-state index in [-0.39, 0.29) is 0 Å². The molecule has 0 saturated heterocycles. The Morgan fingerprint density at radius 3 is 2.89 bits per heavy atom. The number of anilines is 1. The van der Waals surface area contributed by atoms with Gasteiger partial charge in [0.05, 0.1) is 12.3 Å². The molecule has 1 unspecified atom stereocenters. The Kier molecular flexibility index (Phi) is 7.42. The lowest BCUT2D eigenvalue weighted by Gasteiger charge is -2.14. The van der Waals surface area contributed by atoms with E-state index in [2.05, 4.69) is 24.1 Å². The minimum Gasteiger partial charge on any atom is -0.388 e. The fraction of sp³-hybridized carbons (Fsp3) is 0.667. The van der Waals surface area contributed by atoms with Crippen LogP contribution in [0.25, 0.3) is 0 Å². The van der Waals surface area contributed by atoms with Crippen LogP contribution in [0.15, 0.2) is 18.3 Å². The number of nitrogens with zero attached hydrogens (tertiary/aromatic N) is 1. The monoisotopic (exact) mass is 250 g/mol. The van der Waals surface area contributed by atoms with Gasteiger partial charge in [-0.25, -0.2) is 0 Å². The van der Waals surface area contributed by atoms with Crippen molar-refractivity contribution in [2.75, 3.05) is 19.0 Å². The highest BCUT2D eigenvalue weighted by Crippen LogP contribution is 2.14. The summed E-state index contributed by atoms with van der Waals surface area (Å²) in [7, 11) is 1.91. The van der Waals surface area contributed by atoms with Gasteiger partial charge in [-0.05, 0) is 24.5 Å². The van der Waals surface area contributed by atoms with Gasteiger partial charge < -0.3 is 10.1 Å². The van der Waals surface area contributed by atoms with Gasteiger partial charge in [0.1, 0.15) is 0 Å². The zero-order valence-corrected chi connectivity index (χ0v) is 11.9. The summed E-state index contributed by atoms with van der Waals surface area (Å²) in [5.74, 6) is 0.692. The molecule has 3 nitrogen and oxygen atoms in total. The first kappa shape index (κ1) is 15.0.